The SMILES string of the molecule is OC(c1ccccc1C1CC1)C1CCCCCN1. The normalized spacial score (nSPS) is 26.6. The van der Waals surface area contributed by atoms with Gasteiger partial charge in [-0.3, -0.25) is 0 Å². The highest BCUT2D eigenvalue weighted by Crippen LogP contribution is 2.43. The van der Waals surface area contributed by atoms with E-state index < -0.39 is 0 Å². The fraction of sp³-hybridized carbons (Fsp3) is 0.625. The molecule has 2 heteroatoms. The van der Waals surface area contributed by atoms with Crippen LogP contribution in [0.15, 0.2) is 24.3 Å². The summed E-state index contributed by atoms with van der Waals surface area (Å²) in [5.74, 6) is 0.710. The van der Waals surface area contributed by atoms with Crippen molar-refractivity contribution < 1.29 is 5.11 Å². The lowest BCUT2D eigenvalue weighted by Crippen LogP contribution is -2.34. The maximum atomic E-state index is 10.7. The summed E-state index contributed by atoms with van der Waals surface area (Å²) >= 11 is 0. The maximum Gasteiger partial charge on any atom is 0.0945 e. The molecule has 2 fully saturated rings. The van der Waals surface area contributed by atoms with Gasteiger partial charge in [0.25, 0.3) is 0 Å². The predicted molar refractivity (Wildman–Crippen MR) is 73.6 cm³/mol. The van der Waals surface area contributed by atoms with Crippen LogP contribution in [0.3, 0.4) is 0 Å². The van der Waals surface area contributed by atoms with Gasteiger partial charge < -0.3 is 10.4 Å². The van der Waals surface area contributed by atoms with Crippen molar-refractivity contribution in [2.45, 2.75) is 56.6 Å². The second-order valence-corrected chi connectivity index (χ2v) is 5.76. The van der Waals surface area contributed by atoms with Crippen LogP contribution in [0.25, 0.3) is 0 Å². The van der Waals surface area contributed by atoms with Crippen LogP contribution in [0, 0.1) is 0 Å². The topological polar surface area (TPSA) is 32.3 Å². The van der Waals surface area contributed by atoms with Gasteiger partial charge in [-0.25, -0.2) is 0 Å². The van der Waals surface area contributed by atoms with Crippen LogP contribution >= 0.6 is 0 Å². The van der Waals surface area contributed by atoms with Crippen molar-refractivity contribution in [2.75, 3.05) is 6.54 Å². The van der Waals surface area contributed by atoms with Gasteiger partial charge in [0.15, 0.2) is 0 Å². The summed E-state index contributed by atoms with van der Waals surface area (Å²) in [5, 5.41) is 14.2. The summed E-state index contributed by atoms with van der Waals surface area (Å²) in [6.07, 6.45) is 7.12. The molecule has 1 aromatic carbocycles. The zero-order valence-corrected chi connectivity index (χ0v) is 10.9. The minimum atomic E-state index is -0.333. The van der Waals surface area contributed by atoms with E-state index in [2.05, 4.69) is 29.6 Å². The van der Waals surface area contributed by atoms with Gasteiger partial charge in [0.05, 0.1) is 6.10 Å². The smallest absolute Gasteiger partial charge is 0.0945 e. The number of aliphatic hydroxyl groups excluding tert-OH is 1. The van der Waals surface area contributed by atoms with Crippen molar-refractivity contribution in [1.29, 1.82) is 0 Å². The highest BCUT2D eigenvalue weighted by molar-refractivity contribution is 5.35. The standard InChI is InChI=1S/C16H23NO/c18-16(15-8-2-1-5-11-17-15)14-7-4-3-6-13(14)12-9-10-12/h3-4,6-7,12,15-18H,1-2,5,8-11H2. The second kappa shape index (κ2) is 5.41. The fourth-order valence-electron chi connectivity index (χ4n) is 3.09. The van der Waals surface area contributed by atoms with Gasteiger partial charge in [0, 0.05) is 6.04 Å². The van der Waals surface area contributed by atoms with E-state index in [1.807, 2.05) is 0 Å². The Morgan fingerprint density at radius 2 is 1.89 bits per heavy atom. The minimum Gasteiger partial charge on any atom is -0.387 e. The van der Waals surface area contributed by atoms with Crippen LogP contribution in [0.2, 0.25) is 0 Å². The van der Waals surface area contributed by atoms with E-state index in [0.29, 0.717) is 5.92 Å². The number of aliphatic hydroxyl groups is 1. The van der Waals surface area contributed by atoms with Gasteiger partial charge in [-0.05, 0) is 49.3 Å². The van der Waals surface area contributed by atoms with E-state index in [1.54, 1.807) is 0 Å². The van der Waals surface area contributed by atoms with Gasteiger partial charge in [-0.15, -0.1) is 0 Å². The zero-order valence-electron chi connectivity index (χ0n) is 10.9. The van der Waals surface area contributed by atoms with Gasteiger partial charge in [0.2, 0.25) is 0 Å². The lowest BCUT2D eigenvalue weighted by atomic mass is 9.93. The molecule has 1 saturated heterocycles. The highest BCUT2D eigenvalue weighted by atomic mass is 16.3. The molecule has 2 aliphatic rings. The zero-order chi connectivity index (χ0) is 12.4. The third-order valence-electron chi connectivity index (χ3n) is 4.31. The lowest BCUT2D eigenvalue weighted by Gasteiger charge is -2.24. The third kappa shape index (κ3) is 2.60. The van der Waals surface area contributed by atoms with Crippen molar-refractivity contribution >= 4 is 0 Å². The van der Waals surface area contributed by atoms with Crippen molar-refractivity contribution in [3.8, 4) is 0 Å². The Morgan fingerprint density at radius 3 is 2.72 bits per heavy atom. The lowest BCUT2D eigenvalue weighted by molar-refractivity contribution is 0.125. The quantitative estimate of drug-likeness (QED) is 0.857. The second-order valence-electron chi connectivity index (χ2n) is 5.76. The van der Waals surface area contributed by atoms with Gasteiger partial charge in [-0.2, -0.15) is 0 Å². The molecule has 0 radical (unpaired) electrons. The summed E-state index contributed by atoms with van der Waals surface area (Å²) in [6.45, 7) is 1.05. The largest absolute Gasteiger partial charge is 0.387 e. The first-order valence-electron chi connectivity index (χ1n) is 7.36. The molecule has 1 saturated carbocycles. The molecule has 1 aliphatic heterocycles. The van der Waals surface area contributed by atoms with Crippen LogP contribution in [-0.2, 0) is 0 Å². The highest BCUT2D eigenvalue weighted by Gasteiger charge is 2.30. The van der Waals surface area contributed by atoms with Gasteiger partial charge in [0.1, 0.15) is 0 Å². The van der Waals surface area contributed by atoms with Crippen LogP contribution in [-0.4, -0.2) is 17.7 Å². The summed E-state index contributed by atoms with van der Waals surface area (Å²) in [6, 6.07) is 8.72. The van der Waals surface area contributed by atoms with Crippen LogP contribution in [0.1, 0.15) is 61.7 Å². The van der Waals surface area contributed by atoms with E-state index in [-0.39, 0.29) is 12.1 Å². The van der Waals surface area contributed by atoms with Crippen molar-refractivity contribution in [1.82, 2.24) is 5.32 Å². The first kappa shape index (κ1) is 12.2. The Morgan fingerprint density at radius 1 is 1.06 bits per heavy atom. The molecular weight excluding hydrogens is 222 g/mol. The molecule has 0 spiro atoms. The molecule has 2 atom stereocenters. The number of benzene rings is 1. The summed E-state index contributed by atoms with van der Waals surface area (Å²) < 4.78 is 0. The minimum absolute atomic E-state index is 0.243. The van der Waals surface area contributed by atoms with E-state index in [9.17, 15) is 5.11 Å². The van der Waals surface area contributed by atoms with E-state index >= 15 is 0 Å². The average Bonchev–Trinajstić information content (AvgIpc) is 3.24. The molecule has 98 valence electrons. The molecule has 2 nitrogen and oxygen atoms in total. The number of hydrogen-bond donors (Lipinski definition) is 2. The van der Waals surface area contributed by atoms with E-state index in [4.69, 9.17) is 0 Å². The van der Waals surface area contributed by atoms with Crippen LogP contribution < -0.4 is 5.32 Å². The molecule has 1 heterocycles. The maximum absolute atomic E-state index is 10.7. The first-order chi connectivity index (χ1) is 8.86. The van der Waals surface area contributed by atoms with Gasteiger partial charge in [-0.1, -0.05) is 37.1 Å². The van der Waals surface area contributed by atoms with Gasteiger partial charge >= 0.3 is 0 Å². The molecule has 1 aromatic rings. The Kier molecular flexibility index (Phi) is 3.67. The summed E-state index contributed by atoms with van der Waals surface area (Å²) in [4.78, 5) is 0. The number of rotatable bonds is 3. The molecular formula is C16H23NO. The Balaban J connectivity index is 1.79. The molecule has 2 N–H and O–H groups in total. The Hall–Kier alpha value is -0.860. The van der Waals surface area contributed by atoms with E-state index in [0.717, 1.165) is 13.0 Å². The third-order valence-corrected chi connectivity index (χ3v) is 4.31. The van der Waals surface area contributed by atoms with Crippen molar-refractivity contribution in [2.24, 2.45) is 0 Å². The Labute approximate surface area is 109 Å². The van der Waals surface area contributed by atoms with E-state index in [1.165, 1.54) is 43.2 Å². The first-order valence-corrected chi connectivity index (χ1v) is 7.36. The van der Waals surface area contributed by atoms with Crippen LogP contribution in [0.4, 0.5) is 0 Å². The van der Waals surface area contributed by atoms with Crippen molar-refractivity contribution in [3.05, 3.63) is 35.4 Å². The molecule has 1 aliphatic carbocycles. The van der Waals surface area contributed by atoms with Crippen LogP contribution in [0.5, 0.6) is 0 Å². The Bertz CT molecular complexity index is 392. The molecule has 18 heavy (non-hydrogen) atoms. The number of nitrogens with one attached hydrogen (secondary N) is 1. The number of hydrogen-bond acceptors (Lipinski definition) is 2. The molecule has 0 amide bonds. The molecule has 0 aromatic heterocycles. The summed E-state index contributed by atoms with van der Waals surface area (Å²) in [7, 11) is 0. The molecule has 3 rings (SSSR count). The predicted octanol–water partition coefficient (Wildman–Crippen LogP) is 3.13. The average molecular weight is 245 g/mol. The monoisotopic (exact) mass is 245 g/mol. The van der Waals surface area contributed by atoms with Crippen molar-refractivity contribution in [3.63, 3.8) is 0 Å². The summed E-state index contributed by atoms with van der Waals surface area (Å²) in [5.41, 5.74) is 2.55. The fourth-order valence-corrected chi connectivity index (χ4v) is 3.09. The molecule has 2 unspecified atom stereocenters. The molecule has 0 bridgehead atoms.